The van der Waals surface area contributed by atoms with Gasteiger partial charge in [-0.25, -0.2) is 0 Å². The van der Waals surface area contributed by atoms with Crippen LogP contribution in [0.25, 0.3) is 0 Å². The third-order valence-corrected chi connectivity index (χ3v) is 3.91. The van der Waals surface area contributed by atoms with Gasteiger partial charge in [0.25, 0.3) is 0 Å². The summed E-state index contributed by atoms with van der Waals surface area (Å²) in [6.07, 6.45) is 0. The summed E-state index contributed by atoms with van der Waals surface area (Å²) < 4.78 is 5.48. The molecule has 1 unspecified atom stereocenters. The zero-order chi connectivity index (χ0) is 15.9. The summed E-state index contributed by atoms with van der Waals surface area (Å²) in [5.41, 5.74) is 1.13. The molecule has 1 heterocycles. The Kier molecular flexibility index (Phi) is 8.37. The molecule has 130 valence electrons. The SMILES string of the molecule is COc1ccccc1C1CNCCN1CC(=O)NCC(C)C.Cl. The van der Waals surface area contributed by atoms with E-state index in [-0.39, 0.29) is 24.4 Å². The Morgan fingerprint density at radius 2 is 2.17 bits per heavy atom. The maximum Gasteiger partial charge on any atom is 0.234 e. The summed E-state index contributed by atoms with van der Waals surface area (Å²) in [6, 6.07) is 8.20. The molecule has 0 saturated carbocycles. The molecule has 5 nitrogen and oxygen atoms in total. The molecular weight excluding hydrogens is 314 g/mol. The van der Waals surface area contributed by atoms with Gasteiger partial charge in [-0.05, 0) is 12.0 Å². The van der Waals surface area contributed by atoms with Crippen molar-refractivity contribution >= 4 is 18.3 Å². The highest BCUT2D eigenvalue weighted by molar-refractivity contribution is 5.85. The van der Waals surface area contributed by atoms with E-state index >= 15 is 0 Å². The Hall–Kier alpha value is -1.30. The van der Waals surface area contributed by atoms with E-state index in [0.29, 0.717) is 12.5 Å². The summed E-state index contributed by atoms with van der Waals surface area (Å²) in [4.78, 5) is 14.4. The predicted molar refractivity (Wildman–Crippen MR) is 95.3 cm³/mol. The molecule has 0 aliphatic carbocycles. The van der Waals surface area contributed by atoms with Gasteiger partial charge in [0.2, 0.25) is 5.91 Å². The molecule has 1 saturated heterocycles. The molecule has 1 aromatic carbocycles. The largest absolute Gasteiger partial charge is 0.496 e. The number of piperazine rings is 1. The summed E-state index contributed by atoms with van der Waals surface area (Å²) in [5, 5.41) is 6.41. The number of hydrogen-bond donors (Lipinski definition) is 2. The highest BCUT2D eigenvalue weighted by Gasteiger charge is 2.27. The van der Waals surface area contributed by atoms with Gasteiger partial charge >= 0.3 is 0 Å². The predicted octanol–water partition coefficient (Wildman–Crippen LogP) is 1.84. The van der Waals surface area contributed by atoms with E-state index in [1.807, 2.05) is 18.2 Å². The summed E-state index contributed by atoms with van der Waals surface area (Å²) in [6.45, 7) is 7.95. The Balaban J connectivity index is 0.00000264. The van der Waals surface area contributed by atoms with Crippen molar-refractivity contribution in [2.45, 2.75) is 19.9 Å². The lowest BCUT2D eigenvalue weighted by atomic mass is 10.0. The second-order valence-corrected chi connectivity index (χ2v) is 6.13. The molecule has 1 aliphatic rings. The third-order valence-electron chi connectivity index (χ3n) is 3.91. The van der Waals surface area contributed by atoms with Crippen molar-refractivity contribution in [3.63, 3.8) is 0 Å². The van der Waals surface area contributed by atoms with Crippen LogP contribution in [0.15, 0.2) is 24.3 Å². The van der Waals surface area contributed by atoms with Crippen molar-refractivity contribution in [2.24, 2.45) is 5.92 Å². The monoisotopic (exact) mass is 341 g/mol. The first-order valence-electron chi connectivity index (χ1n) is 7.96. The first-order valence-corrected chi connectivity index (χ1v) is 7.96. The van der Waals surface area contributed by atoms with Crippen LogP contribution in [0, 0.1) is 5.92 Å². The first kappa shape index (κ1) is 19.7. The highest BCUT2D eigenvalue weighted by atomic mass is 35.5. The molecule has 0 aromatic heterocycles. The van der Waals surface area contributed by atoms with Gasteiger partial charge in [0.1, 0.15) is 5.75 Å². The van der Waals surface area contributed by atoms with E-state index in [1.54, 1.807) is 7.11 Å². The fourth-order valence-electron chi connectivity index (χ4n) is 2.74. The van der Waals surface area contributed by atoms with Crippen LogP contribution >= 0.6 is 12.4 Å². The fourth-order valence-corrected chi connectivity index (χ4v) is 2.74. The number of carbonyl (C=O) groups is 1. The minimum Gasteiger partial charge on any atom is -0.496 e. The van der Waals surface area contributed by atoms with E-state index in [9.17, 15) is 4.79 Å². The van der Waals surface area contributed by atoms with Crippen LogP contribution in [0.3, 0.4) is 0 Å². The highest BCUT2D eigenvalue weighted by Crippen LogP contribution is 2.29. The fraction of sp³-hybridized carbons (Fsp3) is 0.588. The number of rotatable bonds is 6. The maximum atomic E-state index is 12.1. The van der Waals surface area contributed by atoms with Crippen LogP contribution in [-0.2, 0) is 4.79 Å². The van der Waals surface area contributed by atoms with Crippen LogP contribution in [0.4, 0.5) is 0 Å². The average Bonchev–Trinajstić information content (AvgIpc) is 2.53. The summed E-state index contributed by atoms with van der Waals surface area (Å²) in [7, 11) is 1.69. The first-order chi connectivity index (χ1) is 10.6. The lowest BCUT2D eigenvalue weighted by molar-refractivity contribution is -0.123. The number of hydrogen-bond acceptors (Lipinski definition) is 4. The number of para-hydroxylation sites is 1. The molecule has 1 amide bonds. The van der Waals surface area contributed by atoms with Gasteiger partial charge in [0, 0.05) is 31.7 Å². The number of benzene rings is 1. The van der Waals surface area contributed by atoms with E-state index in [0.717, 1.165) is 37.5 Å². The van der Waals surface area contributed by atoms with Crippen LogP contribution in [0.2, 0.25) is 0 Å². The molecule has 2 rings (SSSR count). The molecule has 0 spiro atoms. The van der Waals surface area contributed by atoms with Crippen molar-refractivity contribution < 1.29 is 9.53 Å². The lowest BCUT2D eigenvalue weighted by Gasteiger charge is -2.36. The standard InChI is InChI=1S/C17H27N3O2.ClH/c1-13(2)10-19-17(21)12-20-9-8-18-11-15(20)14-6-4-5-7-16(14)22-3;/h4-7,13,15,18H,8-12H2,1-3H3,(H,19,21);1H. The summed E-state index contributed by atoms with van der Waals surface area (Å²) >= 11 is 0. The zero-order valence-electron chi connectivity index (χ0n) is 14.2. The number of nitrogens with one attached hydrogen (secondary N) is 2. The van der Waals surface area contributed by atoms with Crippen molar-refractivity contribution in [3.8, 4) is 5.75 Å². The maximum absolute atomic E-state index is 12.1. The molecule has 0 bridgehead atoms. The minimum absolute atomic E-state index is 0. The van der Waals surface area contributed by atoms with Gasteiger partial charge < -0.3 is 15.4 Å². The van der Waals surface area contributed by atoms with Gasteiger partial charge in [-0.3, -0.25) is 9.69 Å². The molecule has 2 N–H and O–H groups in total. The average molecular weight is 342 g/mol. The number of carbonyl (C=O) groups excluding carboxylic acids is 1. The Morgan fingerprint density at radius 3 is 2.87 bits per heavy atom. The van der Waals surface area contributed by atoms with Crippen LogP contribution in [0.5, 0.6) is 5.75 Å². The Morgan fingerprint density at radius 1 is 1.43 bits per heavy atom. The Bertz CT molecular complexity index is 496. The van der Waals surface area contributed by atoms with Gasteiger partial charge in [0.15, 0.2) is 0 Å². The second kappa shape index (κ2) is 9.75. The lowest BCUT2D eigenvalue weighted by Crippen LogP contribution is -2.49. The topological polar surface area (TPSA) is 53.6 Å². The third kappa shape index (κ3) is 5.68. The van der Waals surface area contributed by atoms with Crippen LogP contribution < -0.4 is 15.4 Å². The van der Waals surface area contributed by atoms with E-state index < -0.39 is 0 Å². The van der Waals surface area contributed by atoms with Gasteiger partial charge in [-0.2, -0.15) is 0 Å². The number of halogens is 1. The molecule has 6 heteroatoms. The molecular formula is C17H28ClN3O2. The van der Waals surface area contributed by atoms with Gasteiger partial charge in [0.05, 0.1) is 19.7 Å². The van der Waals surface area contributed by atoms with Crippen LogP contribution in [-0.4, -0.2) is 50.6 Å². The number of ether oxygens (including phenoxy) is 1. The van der Waals surface area contributed by atoms with Crippen molar-refractivity contribution in [1.29, 1.82) is 0 Å². The van der Waals surface area contributed by atoms with E-state index in [2.05, 4.69) is 35.4 Å². The number of nitrogens with zero attached hydrogens (tertiary/aromatic N) is 1. The smallest absolute Gasteiger partial charge is 0.234 e. The zero-order valence-corrected chi connectivity index (χ0v) is 15.0. The molecule has 1 atom stereocenters. The Labute approximate surface area is 145 Å². The van der Waals surface area contributed by atoms with Crippen molar-refractivity contribution in [2.75, 3.05) is 39.8 Å². The van der Waals surface area contributed by atoms with Crippen molar-refractivity contribution in [1.82, 2.24) is 15.5 Å². The number of amides is 1. The normalized spacial score (nSPS) is 18.3. The van der Waals surface area contributed by atoms with Gasteiger partial charge in [-0.15, -0.1) is 12.4 Å². The molecule has 0 radical (unpaired) electrons. The summed E-state index contributed by atoms with van der Waals surface area (Å²) in [5.74, 6) is 1.44. The molecule has 1 aromatic rings. The van der Waals surface area contributed by atoms with E-state index in [4.69, 9.17) is 4.74 Å². The number of methoxy groups -OCH3 is 1. The van der Waals surface area contributed by atoms with Crippen molar-refractivity contribution in [3.05, 3.63) is 29.8 Å². The van der Waals surface area contributed by atoms with Gasteiger partial charge in [-0.1, -0.05) is 32.0 Å². The molecule has 1 aliphatic heterocycles. The quantitative estimate of drug-likeness (QED) is 0.829. The minimum atomic E-state index is 0. The van der Waals surface area contributed by atoms with E-state index in [1.165, 1.54) is 0 Å². The molecule has 1 fully saturated rings. The molecule has 23 heavy (non-hydrogen) atoms. The van der Waals surface area contributed by atoms with Crippen LogP contribution in [0.1, 0.15) is 25.5 Å². The second-order valence-electron chi connectivity index (χ2n) is 6.13.